The fourth-order valence-corrected chi connectivity index (χ4v) is 2.08. The molecular weight excluding hydrogens is 369 g/mol. The van der Waals surface area contributed by atoms with Gasteiger partial charge in [0.25, 0.3) is 0 Å². The Labute approximate surface area is 121 Å². The topological polar surface area (TPSA) is 37.8 Å². The molecule has 0 saturated heterocycles. The normalized spacial score (nSPS) is 10.4. The number of aryl methyl sites for hydroxylation is 1. The van der Waals surface area contributed by atoms with Crippen LogP contribution >= 0.6 is 43.5 Å². The van der Waals surface area contributed by atoms with Gasteiger partial charge in [0.2, 0.25) is 0 Å². The van der Waals surface area contributed by atoms with E-state index in [2.05, 4.69) is 47.1 Å². The quantitative estimate of drug-likeness (QED) is 0.771. The van der Waals surface area contributed by atoms with E-state index >= 15 is 0 Å². The molecule has 0 radical (unpaired) electrons. The fraction of sp³-hybridized carbons (Fsp3) is 0.0909. The molecule has 0 atom stereocenters. The summed E-state index contributed by atoms with van der Waals surface area (Å²) in [5, 5.41) is 3.57. The lowest BCUT2D eigenvalue weighted by molar-refractivity contribution is 1.15. The maximum atomic E-state index is 5.90. The zero-order valence-electron chi connectivity index (χ0n) is 8.84. The first-order valence-electron chi connectivity index (χ1n) is 4.77. The molecule has 1 aromatic heterocycles. The van der Waals surface area contributed by atoms with E-state index in [0.717, 1.165) is 15.7 Å². The van der Waals surface area contributed by atoms with Crippen LogP contribution in [0.15, 0.2) is 33.5 Å². The molecule has 0 unspecified atom stereocenters. The number of hydrogen-bond donors (Lipinski definition) is 1. The van der Waals surface area contributed by atoms with Crippen LogP contribution in [-0.4, -0.2) is 9.97 Å². The maximum Gasteiger partial charge on any atom is 0.149 e. The van der Waals surface area contributed by atoms with E-state index < -0.39 is 0 Å². The molecule has 0 saturated carbocycles. The molecule has 0 amide bonds. The summed E-state index contributed by atoms with van der Waals surface area (Å²) in [6.45, 7) is 2.03. The van der Waals surface area contributed by atoms with Crippen LogP contribution in [0.4, 0.5) is 11.5 Å². The number of hydrogen-bond acceptors (Lipinski definition) is 3. The Balaban J connectivity index is 2.38. The Hall–Kier alpha value is -0.650. The van der Waals surface area contributed by atoms with Gasteiger partial charge in [0, 0.05) is 4.47 Å². The zero-order valence-corrected chi connectivity index (χ0v) is 12.8. The predicted octanol–water partition coefficient (Wildman–Crippen LogP) is 4.71. The number of nitrogens with zero attached hydrogens (tertiary/aromatic N) is 2. The second-order valence-corrected chi connectivity index (χ2v) is 5.44. The van der Waals surface area contributed by atoms with E-state index in [1.54, 1.807) is 0 Å². The van der Waals surface area contributed by atoms with Crippen molar-refractivity contribution in [2.24, 2.45) is 0 Å². The van der Waals surface area contributed by atoms with Crippen LogP contribution in [-0.2, 0) is 0 Å². The van der Waals surface area contributed by atoms with Gasteiger partial charge in [0.05, 0.1) is 10.2 Å². The number of nitrogens with one attached hydrogen (secondary N) is 1. The Bertz CT molecular complexity index is 560. The lowest BCUT2D eigenvalue weighted by Gasteiger charge is -2.10. The van der Waals surface area contributed by atoms with Gasteiger partial charge < -0.3 is 5.32 Å². The van der Waals surface area contributed by atoms with Gasteiger partial charge in [-0.3, -0.25) is 0 Å². The first-order chi connectivity index (χ1) is 8.08. The largest absolute Gasteiger partial charge is 0.338 e. The van der Waals surface area contributed by atoms with Crippen molar-refractivity contribution in [3.8, 4) is 0 Å². The van der Waals surface area contributed by atoms with E-state index in [9.17, 15) is 0 Å². The summed E-state index contributed by atoms with van der Waals surface area (Å²) in [6.07, 6.45) is 1.42. The van der Waals surface area contributed by atoms with E-state index in [1.165, 1.54) is 6.33 Å². The fourth-order valence-electron chi connectivity index (χ4n) is 1.30. The minimum atomic E-state index is 0.381. The maximum absolute atomic E-state index is 5.90. The highest BCUT2D eigenvalue weighted by molar-refractivity contribution is 9.11. The van der Waals surface area contributed by atoms with Gasteiger partial charge in [0.15, 0.2) is 0 Å². The molecule has 17 heavy (non-hydrogen) atoms. The van der Waals surface area contributed by atoms with Crippen molar-refractivity contribution in [1.82, 2.24) is 9.97 Å². The van der Waals surface area contributed by atoms with E-state index in [1.807, 2.05) is 25.1 Å². The summed E-state index contributed by atoms with van der Waals surface area (Å²) >= 11 is 12.7. The summed E-state index contributed by atoms with van der Waals surface area (Å²) < 4.78 is 1.61. The van der Waals surface area contributed by atoms with Gasteiger partial charge in [0.1, 0.15) is 17.3 Å². The first kappa shape index (κ1) is 12.8. The minimum absolute atomic E-state index is 0.381. The highest BCUT2D eigenvalue weighted by atomic mass is 79.9. The van der Waals surface area contributed by atoms with Crippen LogP contribution in [0.25, 0.3) is 0 Å². The Morgan fingerprint density at radius 2 is 2.00 bits per heavy atom. The second kappa shape index (κ2) is 5.33. The van der Waals surface area contributed by atoms with Crippen LogP contribution in [0.5, 0.6) is 0 Å². The predicted molar refractivity (Wildman–Crippen MR) is 76.9 cm³/mol. The van der Waals surface area contributed by atoms with Gasteiger partial charge in [-0.05, 0) is 56.5 Å². The molecule has 3 nitrogen and oxygen atoms in total. The van der Waals surface area contributed by atoms with Gasteiger partial charge in [-0.2, -0.15) is 0 Å². The second-order valence-electron chi connectivity index (χ2n) is 3.44. The lowest BCUT2D eigenvalue weighted by Crippen LogP contribution is -1.97. The van der Waals surface area contributed by atoms with Crippen molar-refractivity contribution in [3.05, 3.63) is 44.2 Å². The molecule has 2 rings (SSSR count). The van der Waals surface area contributed by atoms with Crippen LogP contribution in [0.1, 0.15) is 5.56 Å². The van der Waals surface area contributed by atoms with Gasteiger partial charge >= 0.3 is 0 Å². The molecule has 0 aliphatic carbocycles. The van der Waals surface area contributed by atoms with Crippen LogP contribution in [0, 0.1) is 6.92 Å². The summed E-state index contributed by atoms with van der Waals surface area (Å²) in [7, 11) is 0. The number of aromatic nitrogens is 2. The van der Waals surface area contributed by atoms with Crippen LogP contribution in [0.3, 0.4) is 0 Å². The third-order valence-corrected chi connectivity index (χ3v) is 4.08. The lowest BCUT2D eigenvalue weighted by atomic mass is 10.2. The summed E-state index contributed by atoms with van der Waals surface area (Å²) in [5.41, 5.74) is 2.09. The molecule has 1 heterocycles. The SMILES string of the molecule is Cc1ccc(Br)c(Nc2ncnc(Cl)c2Br)c1. The molecule has 88 valence electrons. The van der Waals surface area contributed by atoms with E-state index in [0.29, 0.717) is 15.4 Å². The summed E-state index contributed by atoms with van der Waals surface area (Å²) in [4.78, 5) is 8.01. The average Bonchev–Trinajstić information content (AvgIpc) is 2.30. The molecule has 6 heteroatoms. The monoisotopic (exact) mass is 375 g/mol. The van der Waals surface area contributed by atoms with Crippen LogP contribution < -0.4 is 5.32 Å². The average molecular weight is 377 g/mol. The molecule has 0 spiro atoms. The molecule has 0 aliphatic rings. The molecule has 1 aromatic carbocycles. The van der Waals surface area contributed by atoms with Crippen molar-refractivity contribution in [3.63, 3.8) is 0 Å². The van der Waals surface area contributed by atoms with Crippen molar-refractivity contribution in [2.75, 3.05) is 5.32 Å². The zero-order chi connectivity index (χ0) is 12.4. The van der Waals surface area contributed by atoms with Gasteiger partial charge in [-0.15, -0.1) is 0 Å². The molecule has 0 aliphatic heterocycles. The summed E-state index contributed by atoms with van der Waals surface area (Å²) in [6, 6.07) is 6.03. The summed E-state index contributed by atoms with van der Waals surface area (Å²) in [5.74, 6) is 0.635. The molecule has 2 aromatic rings. The van der Waals surface area contributed by atoms with Crippen molar-refractivity contribution >= 4 is 55.0 Å². The Morgan fingerprint density at radius 1 is 1.24 bits per heavy atom. The molecule has 0 fully saturated rings. The molecule has 1 N–H and O–H groups in total. The smallest absolute Gasteiger partial charge is 0.149 e. The third kappa shape index (κ3) is 2.97. The van der Waals surface area contributed by atoms with Crippen molar-refractivity contribution in [2.45, 2.75) is 6.92 Å². The van der Waals surface area contributed by atoms with Gasteiger partial charge in [-0.25, -0.2) is 9.97 Å². The number of rotatable bonds is 2. The first-order valence-corrected chi connectivity index (χ1v) is 6.73. The Kier molecular flexibility index (Phi) is 4.01. The Morgan fingerprint density at radius 3 is 2.76 bits per heavy atom. The van der Waals surface area contributed by atoms with Crippen LogP contribution in [0.2, 0.25) is 5.15 Å². The van der Waals surface area contributed by atoms with Crippen molar-refractivity contribution < 1.29 is 0 Å². The molecular formula is C11H8Br2ClN3. The highest BCUT2D eigenvalue weighted by Crippen LogP contribution is 2.31. The number of anilines is 2. The van der Waals surface area contributed by atoms with E-state index in [4.69, 9.17) is 11.6 Å². The number of benzene rings is 1. The van der Waals surface area contributed by atoms with Gasteiger partial charge in [-0.1, -0.05) is 17.7 Å². The highest BCUT2D eigenvalue weighted by Gasteiger charge is 2.08. The van der Waals surface area contributed by atoms with Crippen molar-refractivity contribution in [1.29, 1.82) is 0 Å². The minimum Gasteiger partial charge on any atom is -0.338 e. The standard InChI is InChI=1S/C11H8Br2ClN3/c1-6-2-3-7(12)8(4-6)17-11-9(13)10(14)15-5-16-11/h2-5H,1H3,(H,15,16,17). The number of halogens is 3. The van der Waals surface area contributed by atoms with E-state index in [-0.39, 0.29) is 0 Å². The molecule has 0 bridgehead atoms. The third-order valence-electron chi connectivity index (χ3n) is 2.12.